The highest BCUT2D eigenvalue weighted by Crippen LogP contribution is 2.17. The van der Waals surface area contributed by atoms with E-state index in [1.165, 1.54) is 5.70 Å². The molecule has 0 bridgehead atoms. The second-order valence-electron chi connectivity index (χ2n) is 4.51. The Morgan fingerprint density at radius 1 is 1.44 bits per heavy atom. The summed E-state index contributed by atoms with van der Waals surface area (Å²) >= 11 is 0. The number of rotatable bonds is 5. The largest absolute Gasteiger partial charge is 0.368 e. The Labute approximate surface area is 109 Å². The molecule has 0 radical (unpaired) electrons. The summed E-state index contributed by atoms with van der Waals surface area (Å²) in [5.41, 5.74) is 1.33. The zero-order chi connectivity index (χ0) is 12.8. The lowest BCUT2D eigenvalue weighted by molar-refractivity contribution is 0.381. The Bertz CT molecular complexity index is 404. The zero-order valence-electron chi connectivity index (χ0n) is 10.7. The van der Waals surface area contributed by atoms with Gasteiger partial charge in [-0.1, -0.05) is 37.5 Å². The average molecular weight is 243 g/mol. The van der Waals surface area contributed by atoms with Gasteiger partial charge < -0.3 is 15.5 Å². The lowest BCUT2D eigenvalue weighted by Crippen LogP contribution is -2.33. The minimum atomic E-state index is 0.314. The minimum Gasteiger partial charge on any atom is -0.368 e. The molecule has 1 heterocycles. The Morgan fingerprint density at radius 2 is 2.33 bits per heavy atom. The van der Waals surface area contributed by atoms with Crippen molar-refractivity contribution in [1.29, 1.82) is 0 Å². The van der Waals surface area contributed by atoms with E-state index in [2.05, 4.69) is 59.1 Å². The first-order valence-corrected chi connectivity index (χ1v) is 6.41. The van der Waals surface area contributed by atoms with Gasteiger partial charge in [-0.05, 0) is 25.1 Å². The van der Waals surface area contributed by atoms with Crippen LogP contribution >= 0.6 is 0 Å². The molecular formula is C15H21N3. The molecular weight excluding hydrogens is 222 g/mol. The van der Waals surface area contributed by atoms with Crippen molar-refractivity contribution in [2.45, 2.75) is 18.9 Å². The zero-order valence-corrected chi connectivity index (χ0v) is 10.7. The second-order valence-corrected chi connectivity index (χ2v) is 4.51. The van der Waals surface area contributed by atoms with Gasteiger partial charge in [0.2, 0.25) is 0 Å². The van der Waals surface area contributed by atoms with Gasteiger partial charge in [0.1, 0.15) is 0 Å². The van der Waals surface area contributed by atoms with Crippen molar-refractivity contribution in [3.8, 4) is 0 Å². The first kappa shape index (κ1) is 12.6. The fraction of sp³-hybridized carbons (Fsp3) is 0.333. The van der Waals surface area contributed by atoms with E-state index >= 15 is 0 Å². The minimum absolute atomic E-state index is 0.314. The molecule has 2 aliphatic rings. The SMILES string of the molecule is C=CNC(=C)NC1C=CC(N2CC=CCC2)=CC1. The molecule has 3 nitrogen and oxygen atoms in total. The predicted octanol–water partition coefficient (Wildman–Crippen LogP) is 2.25. The maximum absolute atomic E-state index is 3.88. The number of nitrogens with zero attached hydrogens (tertiary/aromatic N) is 1. The number of nitrogens with one attached hydrogen (secondary N) is 2. The summed E-state index contributed by atoms with van der Waals surface area (Å²) in [5.74, 6) is 0.789. The van der Waals surface area contributed by atoms with Gasteiger partial charge in [0, 0.05) is 24.8 Å². The van der Waals surface area contributed by atoms with Crippen LogP contribution in [0, 0.1) is 0 Å². The number of hydrogen-bond donors (Lipinski definition) is 2. The normalized spacial score (nSPS) is 22.3. The molecule has 96 valence electrons. The number of allylic oxidation sites excluding steroid dienone is 1. The number of hydrogen-bond acceptors (Lipinski definition) is 3. The summed E-state index contributed by atoms with van der Waals surface area (Å²) in [4.78, 5) is 2.41. The molecule has 0 aromatic carbocycles. The standard InChI is InChI=1S/C15H21N3/c1-3-16-13(2)17-14-7-9-15(10-8-14)18-11-5-4-6-12-18/h3-5,7,9-10,14,16-17H,1-2,6,8,11-12H2. The quantitative estimate of drug-likeness (QED) is 0.725. The monoisotopic (exact) mass is 243 g/mol. The van der Waals surface area contributed by atoms with Crippen molar-refractivity contribution in [1.82, 2.24) is 15.5 Å². The predicted molar refractivity (Wildman–Crippen MR) is 76.6 cm³/mol. The highest BCUT2D eigenvalue weighted by molar-refractivity contribution is 5.26. The van der Waals surface area contributed by atoms with E-state index in [0.29, 0.717) is 6.04 Å². The first-order chi connectivity index (χ1) is 8.79. The van der Waals surface area contributed by atoms with Crippen LogP contribution in [0.1, 0.15) is 12.8 Å². The third-order valence-corrected chi connectivity index (χ3v) is 3.14. The molecule has 1 atom stereocenters. The summed E-state index contributed by atoms with van der Waals surface area (Å²) < 4.78 is 0. The van der Waals surface area contributed by atoms with Crippen LogP contribution in [-0.2, 0) is 0 Å². The maximum atomic E-state index is 3.88. The van der Waals surface area contributed by atoms with E-state index in [1.807, 2.05) is 0 Å². The lowest BCUT2D eigenvalue weighted by Gasteiger charge is -2.29. The molecule has 0 spiro atoms. The molecule has 0 saturated carbocycles. The molecule has 3 heteroatoms. The summed E-state index contributed by atoms with van der Waals surface area (Å²) in [6.45, 7) is 9.64. The maximum Gasteiger partial charge on any atom is 0.0957 e. The third-order valence-electron chi connectivity index (χ3n) is 3.14. The highest BCUT2D eigenvalue weighted by Gasteiger charge is 2.13. The van der Waals surface area contributed by atoms with Gasteiger partial charge in [0.25, 0.3) is 0 Å². The van der Waals surface area contributed by atoms with Gasteiger partial charge in [-0.3, -0.25) is 0 Å². The van der Waals surface area contributed by atoms with Crippen molar-refractivity contribution < 1.29 is 0 Å². The van der Waals surface area contributed by atoms with E-state index < -0.39 is 0 Å². The van der Waals surface area contributed by atoms with Crippen LogP contribution in [0.5, 0.6) is 0 Å². The fourth-order valence-corrected chi connectivity index (χ4v) is 2.22. The second kappa shape index (κ2) is 6.15. The van der Waals surface area contributed by atoms with Crippen molar-refractivity contribution >= 4 is 0 Å². The summed E-state index contributed by atoms with van der Waals surface area (Å²) in [5, 5.41) is 6.25. The Kier molecular flexibility index (Phi) is 4.29. The van der Waals surface area contributed by atoms with Gasteiger partial charge in [-0.2, -0.15) is 0 Å². The molecule has 0 saturated heterocycles. The van der Waals surface area contributed by atoms with Crippen molar-refractivity contribution in [3.05, 3.63) is 61.3 Å². The molecule has 18 heavy (non-hydrogen) atoms. The lowest BCUT2D eigenvalue weighted by atomic mass is 10.1. The molecule has 1 aliphatic heterocycles. The molecule has 1 aliphatic carbocycles. The molecule has 0 aromatic heterocycles. The van der Waals surface area contributed by atoms with Gasteiger partial charge in [-0.15, -0.1) is 0 Å². The van der Waals surface area contributed by atoms with E-state index in [1.54, 1.807) is 6.20 Å². The summed E-state index contributed by atoms with van der Waals surface area (Å²) in [6.07, 6.45) is 14.9. The molecule has 2 N–H and O–H groups in total. The van der Waals surface area contributed by atoms with Gasteiger partial charge in [0.15, 0.2) is 0 Å². The van der Waals surface area contributed by atoms with Crippen LogP contribution in [0.15, 0.2) is 61.3 Å². The third kappa shape index (κ3) is 3.29. The molecule has 2 rings (SSSR count). The van der Waals surface area contributed by atoms with E-state index in [9.17, 15) is 0 Å². The van der Waals surface area contributed by atoms with Gasteiger partial charge in [0.05, 0.1) is 5.82 Å². The van der Waals surface area contributed by atoms with Crippen LogP contribution in [0.4, 0.5) is 0 Å². The van der Waals surface area contributed by atoms with Crippen LogP contribution in [-0.4, -0.2) is 24.0 Å². The molecule has 0 fully saturated rings. The van der Waals surface area contributed by atoms with Crippen LogP contribution in [0.3, 0.4) is 0 Å². The van der Waals surface area contributed by atoms with Crippen LogP contribution < -0.4 is 10.6 Å². The Hall–Kier alpha value is -1.90. The summed E-state index contributed by atoms with van der Waals surface area (Å²) in [7, 11) is 0. The smallest absolute Gasteiger partial charge is 0.0957 e. The van der Waals surface area contributed by atoms with E-state index in [4.69, 9.17) is 0 Å². The topological polar surface area (TPSA) is 27.3 Å². The van der Waals surface area contributed by atoms with E-state index in [0.717, 1.165) is 31.8 Å². The van der Waals surface area contributed by atoms with Crippen LogP contribution in [0.2, 0.25) is 0 Å². The van der Waals surface area contributed by atoms with Crippen molar-refractivity contribution in [2.24, 2.45) is 0 Å². The molecule has 1 unspecified atom stereocenters. The molecule has 0 amide bonds. The fourth-order valence-electron chi connectivity index (χ4n) is 2.22. The van der Waals surface area contributed by atoms with E-state index in [-0.39, 0.29) is 0 Å². The average Bonchev–Trinajstić information content (AvgIpc) is 2.41. The first-order valence-electron chi connectivity index (χ1n) is 6.41. The van der Waals surface area contributed by atoms with Gasteiger partial charge >= 0.3 is 0 Å². The summed E-state index contributed by atoms with van der Waals surface area (Å²) in [6, 6.07) is 0.314. The van der Waals surface area contributed by atoms with Crippen molar-refractivity contribution in [3.63, 3.8) is 0 Å². The Balaban J connectivity index is 1.84. The van der Waals surface area contributed by atoms with Gasteiger partial charge in [-0.25, -0.2) is 0 Å². The van der Waals surface area contributed by atoms with Crippen molar-refractivity contribution in [2.75, 3.05) is 13.1 Å². The van der Waals surface area contributed by atoms with Crippen LogP contribution in [0.25, 0.3) is 0 Å². The Morgan fingerprint density at radius 3 is 2.94 bits per heavy atom. The highest BCUT2D eigenvalue weighted by atomic mass is 15.1. The molecule has 0 aromatic rings.